The van der Waals surface area contributed by atoms with Crippen molar-refractivity contribution >= 4 is 27.6 Å². The standard InChI is InChI=1S/C18H15BrF3N5O/c1-10-2-15(27-17(25-10)23-9-24-27)12-6-18(21,22)8-26(7-12)16(28)11-3-13(19)5-14(20)4-11/h2-5,9,12H,6-8H2,1H3. The number of aromatic nitrogens is 4. The zero-order valence-corrected chi connectivity index (χ0v) is 16.3. The smallest absolute Gasteiger partial charge is 0.266 e. The summed E-state index contributed by atoms with van der Waals surface area (Å²) in [6.07, 6.45) is 0.876. The van der Waals surface area contributed by atoms with Crippen LogP contribution in [0.4, 0.5) is 13.2 Å². The third kappa shape index (κ3) is 3.60. The molecule has 1 unspecified atom stereocenters. The van der Waals surface area contributed by atoms with Gasteiger partial charge in [-0.2, -0.15) is 10.1 Å². The number of hydrogen-bond acceptors (Lipinski definition) is 4. The van der Waals surface area contributed by atoms with E-state index in [0.29, 0.717) is 21.6 Å². The molecular formula is C18H15BrF3N5O. The van der Waals surface area contributed by atoms with Crippen LogP contribution in [0.25, 0.3) is 5.78 Å². The molecule has 1 fully saturated rings. The van der Waals surface area contributed by atoms with Gasteiger partial charge in [-0.3, -0.25) is 4.79 Å². The summed E-state index contributed by atoms with van der Waals surface area (Å²) in [5.41, 5.74) is 1.15. The second kappa shape index (κ2) is 6.84. The van der Waals surface area contributed by atoms with Crippen molar-refractivity contribution in [2.75, 3.05) is 13.1 Å². The Balaban J connectivity index is 1.71. The fourth-order valence-corrected chi connectivity index (χ4v) is 4.03. The van der Waals surface area contributed by atoms with E-state index in [1.807, 2.05) is 0 Å². The molecule has 1 aliphatic rings. The summed E-state index contributed by atoms with van der Waals surface area (Å²) in [5, 5.41) is 4.07. The maximum Gasteiger partial charge on any atom is 0.266 e. The van der Waals surface area contributed by atoms with E-state index in [2.05, 4.69) is 31.0 Å². The highest BCUT2D eigenvalue weighted by atomic mass is 79.9. The predicted octanol–water partition coefficient (Wildman–Crippen LogP) is 3.60. The van der Waals surface area contributed by atoms with E-state index in [9.17, 15) is 18.0 Å². The summed E-state index contributed by atoms with van der Waals surface area (Å²) in [6.45, 7) is 1.08. The van der Waals surface area contributed by atoms with E-state index in [-0.39, 0.29) is 12.1 Å². The van der Waals surface area contributed by atoms with Gasteiger partial charge in [-0.15, -0.1) is 0 Å². The molecule has 3 aromatic rings. The molecule has 146 valence electrons. The number of piperidine rings is 1. The fraction of sp³-hybridized carbons (Fsp3) is 0.333. The summed E-state index contributed by atoms with van der Waals surface area (Å²) in [4.78, 5) is 22.1. The lowest BCUT2D eigenvalue weighted by Crippen LogP contribution is -2.49. The number of halogens is 4. The average Bonchev–Trinajstić information content (AvgIpc) is 3.06. The van der Waals surface area contributed by atoms with E-state index in [1.54, 1.807) is 13.0 Å². The lowest BCUT2D eigenvalue weighted by molar-refractivity contribution is -0.0641. The van der Waals surface area contributed by atoms with E-state index in [4.69, 9.17) is 0 Å². The van der Waals surface area contributed by atoms with Gasteiger partial charge in [-0.1, -0.05) is 15.9 Å². The summed E-state index contributed by atoms with van der Waals surface area (Å²) >= 11 is 3.12. The first-order valence-corrected chi connectivity index (χ1v) is 9.32. The van der Waals surface area contributed by atoms with Crippen LogP contribution in [0.2, 0.25) is 0 Å². The molecule has 6 nitrogen and oxygen atoms in total. The number of benzene rings is 1. The van der Waals surface area contributed by atoms with Gasteiger partial charge in [0.25, 0.3) is 17.6 Å². The summed E-state index contributed by atoms with van der Waals surface area (Å²) in [7, 11) is 0. The minimum Gasteiger partial charge on any atom is -0.332 e. The molecule has 1 atom stereocenters. The van der Waals surface area contributed by atoms with Gasteiger partial charge in [-0.25, -0.2) is 22.7 Å². The topological polar surface area (TPSA) is 63.4 Å². The number of fused-ring (bicyclic) bond motifs is 1. The Morgan fingerprint density at radius 3 is 2.82 bits per heavy atom. The van der Waals surface area contributed by atoms with E-state index in [1.165, 1.54) is 23.0 Å². The number of aryl methyl sites for hydroxylation is 1. The van der Waals surface area contributed by atoms with Crippen LogP contribution < -0.4 is 0 Å². The van der Waals surface area contributed by atoms with Crippen LogP contribution >= 0.6 is 15.9 Å². The Hall–Kier alpha value is -2.49. The van der Waals surface area contributed by atoms with Crippen molar-refractivity contribution in [2.45, 2.75) is 25.2 Å². The van der Waals surface area contributed by atoms with Crippen LogP contribution in [-0.4, -0.2) is 49.4 Å². The van der Waals surface area contributed by atoms with Crippen LogP contribution in [0.3, 0.4) is 0 Å². The SMILES string of the molecule is Cc1cc(C2CN(C(=O)c3cc(F)cc(Br)c3)CC(F)(F)C2)n2ncnc2n1. The number of rotatable bonds is 2. The van der Waals surface area contributed by atoms with Crippen molar-refractivity contribution in [3.63, 3.8) is 0 Å². The highest BCUT2D eigenvalue weighted by Crippen LogP contribution is 2.37. The second-order valence-electron chi connectivity index (χ2n) is 6.90. The van der Waals surface area contributed by atoms with Crippen molar-refractivity contribution < 1.29 is 18.0 Å². The monoisotopic (exact) mass is 453 g/mol. The molecule has 0 radical (unpaired) electrons. The molecule has 10 heteroatoms. The summed E-state index contributed by atoms with van der Waals surface area (Å²) in [6, 6.07) is 5.33. The van der Waals surface area contributed by atoms with Crippen molar-refractivity contribution in [1.29, 1.82) is 0 Å². The molecule has 0 spiro atoms. The second-order valence-corrected chi connectivity index (χ2v) is 7.81. The Bertz CT molecular complexity index is 1050. The molecule has 4 rings (SSSR count). The Kier molecular flexibility index (Phi) is 4.60. The minimum atomic E-state index is -3.09. The molecule has 0 saturated carbocycles. The van der Waals surface area contributed by atoms with Gasteiger partial charge in [0.05, 0.1) is 12.2 Å². The summed E-state index contributed by atoms with van der Waals surface area (Å²) in [5.74, 6) is -4.71. The zero-order chi connectivity index (χ0) is 20.1. The number of carbonyl (C=O) groups is 1. The van der Waals surface area contributed by atoms with Crippen LogP contribution in [0, 0.1) is 12.7 Å². The average molecular weight is 454 g/mol. The molecule has 0 bridgehead atoms. The van der Waals surface area contributed by atoms with Crippen LogP contribution in [0.1, 0.15) is 34.1 Å². The van der Waals surface area contributed by atoms with E-state index >= 15 is 0 Å². The predicted molar refractivity (Wildman–Crippen MR) is 97.8 cm³/mol. The minimum absolute atomic E-state index is 0.0140. The number of hydrogen-bond donors (Lipinski definition) is 0. The lowest BCUT2D eigenvalue weighted by Gasteiger charge is -2.37. The van der Waals surface area contributed by atoms with Crippen molar-refractivity contribution in [3.05, 3.63) is 57.8 Å². The first-order chi connectivity index (χ1) is 13.2. The van der Waals surface area contributed by atoms with E-state index < -0.39 is 36.5 Å². The number of likely N-dealkylation sites (tertiary alicyclic amines) is 1. The highest BCUT2D eigenvalue weighted by molar-refractivity contribution is 9.10. The molecule has 2 aromatic heterocycles. The Morgan fingerprint density at radius 2 is 2.07 bits per heavy atom. The molecule has 1 saturated heterocycles. The molecule has 1 amide bonds. The molecule has 3 heterocycles. The molecular weight excluding hydrogens is 439 g/mol. The van der Waals surface area contributed by atoms with Crippen LogP contribution in [0.15, 0.2) is 35.1 Å². The molecule has 0 N–H and O–H groups in total. The van der Waals surface area contributed by atoms with Crippen LogP contribution in [-0.2, 0) is 0 Å². The summed E-state index contributed by atoms with van der Waals surface area (Å²) < 4.78 is 44.5. The van der Waals surface area contributed by atoms with Gasteiger partial charge in [0.2, 0.25) is 0 Å². The number of carbonyl (C=O) groups excluding carboxylic acids is 1. The van der Waals surface area contributed by atoms with Gasteiger partial charge in [0, 0.05) is 34.6 Å². The van der Waals surface area contributed by atoms with Crippen LogP contribution in [0.5, 0.6) is 0 Å². The fourth-order valence-electron chi connectivity index (χ4n) is 3.56. The number of amides is 1. The normalized spacial score (nSPS) is 19.2. The molecule has 28 heavy (non-hydrogen) atoms. The molecule has 1 aliphatic heterocycles. The van der Waals surface area contributed by atoms with Gasteiger partial charge >= 0.3 is 0 Å². The quantitative estimate of drug-likeness (QED) is 0.594. The molecule has 1 aromatic carbocycles. The maximum atomic E-state index is 14.5. The highest BCUT2D eigenvalue weighted by Gasteiger charge is 2.43. The maximum absolute atomic E-state index is 14.5. The van der Waals surface area contributed by atoms with Gasteiger partial charge in [0.15, 0.2) is 0 Å². The number of nitrogens with zero attached hydrogens (tertiary/aromatic N) is 5. The largest absolute Gasteiger partial charge is 0.332 e. The van der Waals surface area contributed by atoms with E-state index in [0.717, 1.165) is 11.0 Å². The Labute approximate surface area is 166 Å². The first kappa shape index (κ1) is 18.9. The lowest BCUT2D eigenvalue weighted by atomic mass is 9.91. The third-order valence-electron chi connectivity index (χ3n) is 4.63. The Morgan fingerprint density at radius 1 is 1.29 bits per heavy atom. The first-order valence-electron chi connectivity index (χ1n) is 8.52. The third-order valence-corrected chi connectivity index (χ3v) is 5.09. The van der Waals surface area contributed by atoms with Gasteiger partial charge in [-0.05, 0) is 31.2 Å². The zero-order valence-electron chi connectivity index (χ0n) is 14.7. The van der Waals surface area contributed by atoms with Gasteiger partial charge in [0.1, 0.15) is 12.1 Å². The molecule has 0 aliphatic carbocycles. The van der Waals surface area contributed by atoms with Crippen molar-refractivity contribution in [2.24, 2.45) is 0 Å². The number of alkyl halides is 2. The van der Waals surface area contributed by atoms with Gasteiger partial charge < -0.3 is 4.90 Å². The van der Waals surface area contributed by atoms with Crippen molar-refractivity contribution in [1.82, 2.24) is 24.5 Å². The van der Waals surface area contributed by atoms with Crippen molar-refractivity contribution in [3.8, 4) is 0 Å².